The van der Waals surface area contributed by atoms with Crippen LogP contribution < -0.4 is 5.73 Å². The molecule has 0 aliphatic carbocycles. The quantitative estimate of drug-likeness (QED) is 0.855. The monoisotopic (exact) mass is 226 g/mol. The summed E-state index contributed by atoms with van der Waals surface area (Å²) in [4.78, 5) is 4.26. The van der Waals surface area contributed by atoms with Crippen LogP contribution in [0.15, 0.2) is 35.8 Å². The van der Waals surface area contributed by atoms with E-state index in [1.54, 1.807) is 11.3 Å². The zero-order valence-electron chi connectivity index (χ0n) is 7.51. The molecule has 0 spiro atoms. The number of aromatic nitrogens is 1. The summed E-state index contributed by atoms with van der Waals surface area (Å²) in [5, 5.41) is 3.02. The van der Waals surface area contributed by atoms with E-state index in [9.17, 15) is 0 Å². The minimum absolute atomic E-state index is 0. The molecule has 0 bridgehead atoms. The molecule has 0 aliphatic heterocycles. The Morgan fingerprint density at radius 1 is 1.29 bits per heavy atom. The first-order valence-electron chi connectivity index (χ1n) is 4.09. The van der Waals surface area contributed by atoms with Crippen molar-refractivity contribution in [2.75, 3.05) is 0 Å². The third-order valence-corrected chi connectivity index (χ3v) is 2.71. The summed E-state index contributed by atoms with van der Waals surface area (Å²) in [6, 6.07) is 8.10. The lowest BCUT2D eigenvalue weighted by Gasteiger charge is -2.02. The van der Waals surface area contributed by atoms with Crippen LogP contribution >= 0.6 is 23.7 Å². The zero-order chi connectivity index (χ0) is 9.10. The van der Waals surface area contributed by atoms with Gasteiger partial charge in [-0.3, -0.25) is 0 Å². The molecule has 0 atom stereocenters. The predicted octanol–water partition coefficient (Wildman–Crippen LogP) is 2.69. The van der Waals surface area contributed by atoms with Gasteiger partial charge in [-0.2, -0.15) is 0 Å². The Morgan fingerprint density at radius 2 is 2.07 bits per heavy atom. The summed E-state index contributed by atoms with van der Waals surface area (Å²) in [6.07, 6.45) is 1.81. The smallest absolute Gasteiger partial charge is 0.123 e. The van der Waals surface area contributed by atoms with Crippen molar-refractivity contribution in [2.24, 2.45) is 5.73 Å². The van der Waals surface area contributed by atoms with Crippen LogP contribution in [0.5, 0.6) is 0 Å². The molecule has 2 nitrogen and oxygen atoms in total. The number of nitrogens with two attached hydrogens (primary N) is 1. The fraction of sp³-hybridized carbons (Fsp3) is 0.100. The first-order chi connectivity index (χ1) is 6.42. The molecule has 0 fully saturated rings. The number of benzene rings is 1. The molecule has 74 valence electrons. The molecule has 2 aromatic rings. The van der Waals surface area contributed by atoms with E-state index in [2.05, 4.69) is 11.1 Å². The first-order valence-corrected chi connectivity index (χ1v) is 4.97. The predicted molar refractivity (Wildman–Crippen MR) is 62.7 cm³/mol. The second kappa shape index (κ2) is 5.10. The second-order valence-electron chi connectivity index (χ2n) is 2.70. The highest BCUT2D eigenvalue weighted by molar-refractivity contribution is 7.13. The number of halogens is 1. The standard InChI is InChI=1S/C10H10N2S.ClH/c11-7-8-3-1-2-4-9(8)10-12-5-6-13-10;/h1-6H,7,11H2;1H. The van der Waals surface area contributed by atoms with Gasteiger partial charge in [-0.05, 0) is 5.56 Å². The van der Waals surface area contributed by atoms with Crippen molar-refractivity contribution in [3.63, 3.8) is 0 Å². The van der Waals surface area contributed by atoms with Crippen LogP contribution in [0.1, 0.15) is 5.56 Å². The summed E-state index contributed by atoms with van der Waals surface area (Å²) in [5.41, 5.74) is 7.94. The molecule has 1 aromatic carbocycles. The molecule has 2 rings (SSSR count). The number of hydrogen-bond donors (Lipinski definition) is 1. The van der Waals surface area contributed by atoms with Crippen LogP contribution in [0.4, 0.5) is 0 Å². The van der Waals surface area contributed by atoms with Crippen LogP contribution in [0, 0.1) is 0 Å². The summed E-state index contributed by atoms with van der Waals surface area (Å²) in [7, 11) is 0. The van der Waals surface area contributed by atoms with Gasteiger partial charge < -0.3 is 5.73 Å². The van der Waals surface area contributed by atoms with E-state index in [0.717, 1.165) is 16.1 Å². The molecule has 0 radical (unpaired) electrons. The summed E-state index contributed by atoms with van der Waals surface area (Å²) in [6.45, 7) is 0.565. The Balaban J connectivity index is 0.000000980. The average Bonchev–Trinajstić information content (AvgIpc) is 2.70. The summed E-state index contributed by atoms with van der Waals surface area (Å²) < 4.78 is 0. The molecular weight excluding hydrogens is 216 g/mol. The number of rotatable bonds is 2. The molecule has 2 N–H and O–H groups in total. The van der Waals surface area contributed by atoms with Gasteiger partial charge in [-0.25, -0.2) is 4.98 Å². The number of hydrogen-bond acceptors (Lipinski definition) is 3. The highest BCUT2D eigenvalue weighted by Crippen LogP contribution is 2.24. The normalized spacial score (nSPS) is 9.50. The minimum atomic E-state index is 0. The lowest BCUT2D eigenvalue weighted by molar-refractivity contribution is 1.07. The van der Waals surface area contributed by atoms with E-state index >= 15 is 0 Å². The molecule has 0 unspecified atom stereocenters. The molecule has 0 aliphatic rings. The highest BCUT2D eigenvalue weighted by Gasteiger charge is 2.03. The van der Waals surface area contributed by atoms with Gasteiger partial charge in [0.1, 0.15) is 5.01 Å². The Hall–Kier alpha value is -0.900. The van der Waals surface area contributed by atoms with Crippen molar-refractivity contribution < 1.29 is 0 Å². The van der Waals surface area contributed by atoms with Crippen LogP contribution in [-0.2, 0) is 6.54 Å². The molecule has 0 saturated heterocycles. The first kappa shape index (κ1) is 11.2. The van der Waals surface area contributed by atoms with E-state index in [-0.39, 0.29) is 12.4 Å². The fourth-order valence-corrected chi connectivity index (χ4v) is 1.96. The van der Waals surface area contributed by atoms with Gasteiger partial charge in [-0.1, -0.05) is 24.3 Å². The van der Waals surface area contributed by atoms with Crippen LogP contribution in [0.2, 0.25) is 0 Å². The molecule has 0 saturated carbocycles. The molecule has 4 heteroatoms. The zero-order valence-corrected chi connectivity index (χ0v) is 9.15. The second-order valence-corrected chi connectivity index (χ2v) is 3.59. The molecule has 1 heterocycles. The third kappa shape index (κ3) is 2.12. The van der Waals surface area contributed by atoms with Crippen molar-refractivity contribution in [1.82, 2.24) is 4.98 Å². The molecule has 0 amide bonds. The maximum absolute atomic E-state index is 5.63. The maximum atomic E-state index is 5.63. The van der Waals surface area contributed by atoms with Crippen molar-refractivity contribution in [1.29, 1.82) is 0 Å². The van der Waals surface area contributed by atoms with Crippen LogP contribution in [0.25, 0.3) is 10.6 Å². The maximum Gasteiger partial charge on any atom is 0.123 e. The molecule has 1 aromatic heterocycles. The highest BCUT2D eigenvalue weighted by atomic mass is 35.5. The Morgan fingerprint density at radius 3 is 2.71 bits per heavy atom. The van der Waals surface area contributed by atoms with Gasteiger partial charge in [0.15, 0.2) is 0 Å². The van der Waals surface area contributed by atoms with Crippen LogP contribution in [-0.4, -0.2) is 4.98 Å². The van der Waals surface area contributed by atoms with E-state index in [1.807, 2.05) is 29.8 Å². The van der Waals surface area contributed by atoms with E-state index < -0.39 is 0 Å². The van der Waals surface area contributed by atoms with Gasteiger partial charge in [0.25, 0.3) is 0 Å². The summed E-state index contributed by atoms with van der Waals surface area (Å²) >= 11 is 1.64. The number of thiazole rings is 1. The topological polar surface area (TPSA) is 38.9 Å². The van der Waals surface area contributed by atoms with E-state index in [4.69, 9.17) is 5.73 Å². The number of nitrogens with zero attached hydrogens (tertiary/aromatic N) is 1. The lowest BCUT2D eigenvalue weighted by Crippen LogP contribution is -1.98. The van der Waals surface area contributed by atoms with Crippen molar-refractivity contribution in [3.05, 3.63) is 41.4 Å². The van der Waals surface area contributed by atoms with Gasteiger partial charge in [0.05, 0.1) is 0 Å². The summed E-state index contributed by atoms with van der Waals surface area (Å²) in [5.74, 6) is 0. The van der Waals surface area contributed by atoms with Crippen molar-refractivity contribution >= 4 is 23.7 Å². The van der Waals surface area contributed by atoms with E-state index in [0.29, 0.717) is 6.54 Å². The lowest BCUT2D eigenvalue weighted by atomic mass is 10.1. The fourth-order valence-electron chi connectivity index (χ4n) is 1.26. The third-order valence-electron chi connectivity index (χ3n) is 1.90. The van der Waals surface area contributed by atoms with Crippen molar-refractivity contribution in [2.45, 2.75) is 6.54 Å². The van der Waals surface area contributed by atoms with Gasteiger partial charge >= 0.3 is 0 Å². The van der Waals surface area contributed by atoms with Gasteiger partial charge in [0.2, 0.25) is 0 Å². The van der Waals surface area contributed by atoms with Crippen LogP contribution in [0.3, 0.4) is 0 Å². The largest absolute Gasteiger partial charge is 0.326 e. The molecular formula is C10H11ClN2S. The van der Waals surface area contributed by atoms with Crippen molar-refractivity contribution in [3.8, 4) is 10.6 Å². The Kier molecular flexibility index (Phi) is 4.07. The minimum Gasteiger partial charge on any atom is -0.326 e. The average molecular weight is 227 g/mol. The SMILES string of the molecule is Cl.NCc1ccccc1-c1nccs1. The van der Waals surface area contributed by atoms with E-state index in [1.165, 1.54) is 0 Å². The van der Waals surface area contributed by atoms with Gasteiger partial charge in [-0.15, -0.1) is 23.7 Å². The van der Waals surface area contributed by atoms with Gasteiger partial charge in [0, 0.05) is 23.7 Å². The molecule has 14 heavy (non-hydrogen) atoms. The Bertz CT molecular complexity index is 387. The Labute approximate surface area is 93.2 Å².